The number of rotatable bonds is 5. The first-order valence-electron chi connectivity index (χ1n) is 7.29. The standard InChI is InChI=1S/C18H17BrN4/c19-16-6-4-13(5-7-16)11-17-22-8-9-23(17)12-14-2-1-3-15(10-14)18(20)21/h1-10H,11-12H2,(H3,20,21). The van der Waals surface area contributed by atoms with Crippen LogP contribution in [0, 0.1) is 5.41 Å². The molecular weight excluding hydrogens is 352 g/mol. The molecule has 3 rings (SSSR count). The molecule has 23 heavy (non-hydrogen) atoms. The topological polar surface area (TPSA) is 67.7 Å². The van der Waals surface area contributed by atoms with Gasteiger partial charge in [-0.15, -0.1) is 0 Å². The van der Waals surface area contributed by atoms with Crippen LogP contribution < -0.4 is 5.73 Å². The van der Waals surface area contributed by atoms with Crippen molar-refractivity contribution in [3.63, 3.8) is 0 Å². The van der Waals surface area contributed by atoms with E-state index in [0.717, 1.165) is 27.8 Å². The molecule has 0 aliphatic carbocycles. The highest BCUT2D eigenvalue weighted by atomic mass is 79.9. The van der Waals surface area contributed by atoms with Crippen LogP contribution in [0.5, 0.6) is 0 Å². The molecule has 0 bridgehead atoms. The molecule has 1 aromatic heterocycles. The van der Waals surface area contributed by atoms with E-state index >= 15 is 0 Å². The lowest BCUT2D eigenvalue weighted by atomic mass is 10.1. The first kappa shape index (κ1) is 15.5. The lowest BCUT2D eigenvalue weighted by molar-refractivity contribution is 0.740. The maximum Gasteiger partial charge on any atom is 0.122 e. The highest BCUT2D eigenvalue weighted by molar-refractivity contribution is 9.10. The molecule has 1 heterocycles. The summed E-state index contributed by atoms with van der Waals surface area (Å²) in [6.07, 6.45) is 4.59. The summed E-state index contributed by atoms with van der Waals surface area (Å²) in [7, 11) is 0. The predicted octanol–water partition coefficient (Wildman–Crippen LogP) is 3.57. The Morgan fingerprint density at radius 1 is 1.13 bits per heavy atom. The summed E-state index contributed by atoms with van der Waals surface area (Å²) in [6, 6.07) is 16.0. The Labute approximate surface area is 143 Å². The molecule has 0 fully saturated rings. The van der Waals surface area contributed by atoms with E-state index in [2.05, 4.69) is 37.6 Å². The van der Waals surface area contributed by atoms with Gasteiger partial charge in [0, 0.05) is 35.4 Å². The van der Waals surface area contributed by atoms with Crippen molar-refractivity contribution in [1.82, 2.24) is 9.55 Å². The molecule has 3 N–H and O–H groups in total. The number of nitrogens with one attached hydrogen (secondary N) is 1. The molecule has 0 unspecified atom stereocenters. The van der Waals surface area contributed by atoms with Gasteiger partial charge in [-0.1, -0.05) is 46.3 Å². The van der Waals surface area contributed by atoms with E-state index in [4.69, 9.17) is 11.1 Å². The van der Waals surface area contributed by atoms with Crippen molar-refractivity contribution in [2.45, 2.75) is 13.0 Å². The minimum Gasteiger partial charge on any atom is -0.384 e. The van der Waals surface area contributed by atoms with Crippen molar-refractivity contribution >= 4 is 21.8 Å². The second-order valence-electron chi connectivity index (χ2n) is 5.39. The largest absolute Gasteiger partial charge is 0.384 e. The average molecular weight is 369 g/mol. The van der Waals surface area contributed by atoms with E-state index < -0.39 is 0 Å². The molecule has 5 heteroatoms. The van der Waals surface area contributed by atoms with Gasteiger partial charge in [-0.3, -0.25) is 5.41 Å². The van der Waals surface area contributed by atoms with Crippen molar-refractivity contribution in [1.29, 1.82) is 5.41 Å². The zero-order valence-electron chi connectivity index (χ0n) is 12.5. The Hall–Kier alpha value is -2.40. The van der Waals surface area contributed by atoms with Gasteiger partial charge < -0.3 is 10.3 Å². The van der Waals surface area contributed by atoms with Crippen LogP contribution in [-0.2, 0) is 13.0 Å². The molecule has 0 saturated heterocycles. The number of aromatic nitrogens is 2. The van der Waals surface area contributed by atoms with Crippen LogP contribution in [0.3, 0.4) is 0 Å². The molecule has 0 aliphatic rings. The predicted molar refractivity (Wildman–Crippen MR) is 95.7 cm³/mol. The summed E-state index contributed by atoms with van der Waals surface area (Å²) in [6.45, 7) is 0.715. The lowest BCUT2D eigenvalue weighted by Crippen LogP contribution is -2.12. The fraction of sp³-hybridized carbons (Fsp3) is 0.111. The van der Waals surface area contributed by atoms with Crippen LogP contribution >= 0.6 is 15.9 Å². The van der Waals surface area contributed by atoms with Gasteiger partial charge in [0.25, 0.3) is 0 Å². The highest BCUT2D eigenvalue weighted by Gasteiger charge is 2.06. The average Bonchev–Trinajstić information content (AvgIpc) is 2.97. The Balaban J connectivity index is 1.79. The van der Waals surface area contributed by atoms with E-state index in [0.29, 0.717) is 6.54 Å². The Morgan fingerprint density at radius 3 is 2.65 bits per heavy atom. The van der Waals surface area contributed by atoms with E-state index in [1.807, 2.05) is 48.8 Å². The minimum atomic E-state index is 0.0903. The van der Waals surface area contributed by atoms with Gasteiger partial charge in [-0.05, 0) is 29.3 Å². The summed E-state index contributed by atoms with van der Waals surface area (Å²) >= 11 is 3.45. The molecule has 0 aliphatic heterocycles. The first-order chi connectivity index (χ1) is 11.1. The molecule has 0 radical (unpaired) electrons. The number of imidazole rings is 1. The first-order valence-corrected chi connectivity index (χ1v) is 8.09. The third kappa shape index (κ3) is 3.87. The number of benzene rings is 2. The van der Waals surface area contributed by atoms with Gasteiger partial charge in [0.15, 0.2) is 0 Å². The summed E-state index contributed by atoms with van der Waals surface area (Å²) in [5.74, 6) is 1.10. The Bertz CT molecular complexity index is 821. The minimum absolute atomic E-state index is 0.0903. The normalized spacial score (nSPS) is 10.7. The van der Waals surface area contributed by atoms with E-state index in [1.165, 1.54) is 5.56 Å². The van der Waals surface area contributed by atoms with Gasteiger partial charge >= 0.3 is 0 Å². The molecular formula is C18H17BrN4. The highest BCUT2D eigenvalue weighted by Crippen LogP contribution is 2.15. The van der Waals surface area contributed by atoms with Crippen LogP contribution in [0.25, 0.3) is 0 Å². The zero-order valence-corrected chi connectivity index (χ0v) is 14.1. The fourth-order valence-electron chi connectivity index (χ4n) is 2.47. The van der Waals surface area contributed by atoms with Gasteiger partial charge in [0.05, 0.1) is 0 Å². The van der Waals surface area contributed by atoms with Crippen LogP contribution in [0.2, 0.25) is 0 Å². The smallest absolute Gasteiger partial charge is 0.122 e. The van der Waals surface area contributed by atoms with Crippen molar-refractivity contribution in [2.24, 2.45) is 5.73 Å². The van der Waals surface area contributed by atoms with Crippen molar-refractivity contribution in [3.8, 4) is 0 Å². The molecule has 0 atom stereocenters. The molecule has 0 amide bonds. The third-order valence-electron chi connectivity index (χ3n) is 3.67. The summed E-state index contributed by atoms with van der Waals surface area (Å²) in [5, 5.41) is 7.54. The molecule has 4 nitrogen and oxygen atoms in total. The van der Waals surface area contributed by atoms with Crippen molar-refractivity contribution in [2.75, 3.05) is 0 Å². The van der Waals surface area contributed by atoms with Gasteiger partial charge in [0.2, 0.25) is 0 Å². The summed E-state index contributed by atoms with van der Waals surface area (Å²) in [4.78, 5) is 4.47. The van der Waals surface area contributed by atoms with Crippen LogP contribution in [0.15, 0.2) is 65.4 Å². The van der Waals surface area contributed by atoms with E-state index in [-0.39, 0.29) is 5.84 Å². The molecule has 0 spiro atoms. The van der Waals surface area contributed by atoms with Crippen LogP contribution in [-0.4, -0.2) is 15.4 Å². The lowest BCUT2D eigenvalue weighted by Gasteiger charge is -2.09. The SMILES string of the molecule is N=C(N)c1cccc(Cn2ccnc2Cc2ccc(Br)cc2)c1. The summed E-state index contributed by atoms with van der Waals surface area (Å²) < 4.78 is 3.20. The number of nitrogen functional groups attached to an aromatic ring is 1. The molecule has 3 aromatic rings. The van der Waals surface area contributed by atoms with Crippen LogP contribution in [0.1, 0.15) is 22.5 Å². The maximum atomic E-state index is 7.54. The fourth-order valence-corrected chi connectivity index (χ4v) is 2.73. The number of amidine groups is 1. The summed E-state index contributed by atoms with van der Waals surface area (Å²) in [5.41, 5.74) is 8.63. The molecule has 2 aromatic carbocycles. The molecule has 0 saturated carbocycles. The van der Waals surface area contributed by atoms with Crippen molar-refractivity contribution in [3.05, 3.63) is 87.9 Å². The Morgan fingerprint density at radius 2 is 1.91 bits per heavy atom. The van der Waals surface area contributed by atoms with Gasteiger partial charge in [0.1, 0.15) is 11.7 Å². The number of nitrogens with zero attached hydrogens (tertiary/aromatic N) is 2. The number of nitrogens with two attached hydrogens (primary N) is 1. The third-order valence-corrected chi connectivity index (χ3v) is 4.20. The quantitative estimate of drug-likeness (QED) is 0.533. The second kappa shape index (κ2) is 6.79. The van der Waals surface area contributed by atoms with E-state index in [9.17, 15) is 0 Å². The zero-order chi connectivity index (χ0) is 16.2. The van der Waals surface area contributed by atoms with Crippen LogP contribution in [0.4, 0.5) is 0 Å². The Kier molecular flexibility index (Phi) is 4.57. The monoisotopic (exact) mass is 368 g/mol. The van der Waals surface area contributed by atoms with Crippen molar-refractivity contribution < 1.29 is 0 Å². The maximum absolute atomic E-state index is 7.54. The molecule has 116 valence electrons. The van der Waals surface area contributed by atoms with Gasteiger partial charge in [-0.25, -0.2) is 4.98 Å². The number of hydrogen-bond acceptors (Lipinski definition) is 2. The second-order valence-corrected chi connectivity index (χ2v) is 6.30. The number of hydrogen-bond donors (Lipinski definition) is 2. The van der Waals surface area contributed by atoms with E-state index in [1.54, 1.807) is 0 Å². The van der Waals surface area contributed by atoms with Gasteiger partial charge in [-0.2, -0.15) is 0 Å². The number of halogens is 1.